The Labute approximate surface area is 186 Å². The highest BCUT2D eigenvalue weighted by atomic mass is 16.5. The predicted molar refractivity (Wildman–Crippen MR) is 119 cm³/mol. The summed E-state index contributed by atoms with van der Waals surface area (Å²) in [5.74, 6) is 0.181. The van der Waals surface area contributed by atoms with Gasteiger partial charge in [-0.1, -0.05) is 35.5 Å². The van der Waals surface area contributed by atoms with Crippen molar-refractivity contribution in [3.8, 4) is 0 Å². The largest absolute Gasteiger partial charge is 0.355 e. The summed E-state index contributed by atoms with van der Waals surface area (Å²) in [6, 6.07) is 11.2. The first-order valence-corrected chi connectivity index (χ1v) is 11.2. The Bertz CT molecular complexity index is 1160. The minimum atomic E-state index is -0.267. The molecular formula is C24H27N5O3. The van der Waals surface area contributed by atoms with Crippen molar-refractivity contribution in [1.82, 2.24) is 25.7 Å². The van der Waals surface area contributed by atoms with Gasteiger partial charge in [0.2, 0.25) is 0 Å². The van der Waals surface area contributed by atoms with Crippen molar-refractivity contribution in [1.29, 1.82) is 0 Å². The van der Waals surface area contributed by atoms with Crippen molar-refractivity contribution in [2.24, 2.45) is 0 Å². The Kier molecular flexibility index (Phi) is 5.28. The minimum Gasteiger partial charge on any atom is -0.355 e. The molecule has 2 N–H and O–H groups in total. The van der Waals surface area contributed by atoms with Gasteiger partial charge in [-0.15, -0.1) is 0 Å². The molecule has 2 unspecified atom stereocenters. The van der Waals surface area contributed by atoms with Gasteiger partial charge in [0.05, 0.1) is 23.0 Å². The van der Waals surface area contributed by atoms with E-state index in [9.17, 15) is 9.59 Å². The number of benzene rings is 1. The number of nitrogens with zero attached hydrogens (tertiary/aromatic N) is 3. The molecule has 0 spiro atoms. The summed E-state index contributed by atoms with van der Waals surface area (Å²) in [4.78, 5) is 32.3. The lowest BCUT2D eigenvalue weighted by molar-refractivity contribution is 0.0964. The van der Waals surface area contributed by atoms with Gasteiger partial charge in [-0.25, -0.2) is 9.78 Å². The fraction of sp³-hybridized carbons (Fsp3) is 0.417. The van der Waals surface area contributed by atoms with Crippen LogP contribution in [0, 0.1) is 0 Å². The lowest BCUT2D eigenvalue weighted by atomic mass is 10.0. The van der Waals surface area contributed by atoms with Gasteiger partial charge in [0.1, 0.15) is 5.69 Å². The van der Waals surface area contributed by atoms with E-state index >= 15 is 0 Å². The Balaban J connectivity index is 1.46. The van der Waals surface area contributed by atoms with E-state index in [0.29, 0.717) is 34.8 Å². The zero-order valence-corrected chi connectivity index (χ0v) is 18.3. The number of rotatable bonds is 5. The maximum absolute atomic E-state index is 13.2. The van der Waals surface area contributed by atoms with E-state index in [1.807, 2.05) is 43.3 Å². The van der Waals surface area contributed by atoms with Crippen molar-refractivity contribution < 1.29 is 14.1 Å². The third-order valence-corrected chi connectivity index (χ3v) is 6.43. The van der Waals surface area contributed by atoms with Gasteiger partial charge >= 0.3 is 6.03 Å². The highest BCUT2D eigenvalue weighted by Crippen LogP contribution is 2.42. The van der Waals surface area contributed by atoms with E-state index in [-0.39, 0.29) is 24.0 Å². The zero-order valence-electron chi connectivity index (χ0n) is 18.3. The van der Waals surface area contributed by atoms with Crippen LogP contribution in [0.5, 0.6) is 0 Å². The van der Waals surface area contributed by atoms with Crippen LogP contribution in [0.15, 0.2) is 40.9 Å². The summed E-state index contributed by atoms with van der Waals surface area (Å²) < 4.78 is 5.59. The predicted octanol–water partition coefficient (Wildman–Crippen LogP) is 4.07. The fourth-order valence-electron chi connectivity index (χ4n) is 4.51. The second-order valence-corrected chi connectivity index (χ2v) is 8.63. The molecule has 1 saturated carbocycles. The van der Waals surface area contributed by atoms with Crippen LogP contribution in [0.25, 0.3) is 11.1 Å². The summed E-state index contributed by atoms with van der Waals surface area (Å²) in [5.41, 5.74) is 3.40. The zero-order chi connectivity index (χ0) is 22.2. The Morgan fingerprint density at radius 3 is 2.69 bits per heavy atom. The van der Waals surface area contributed by atoms with Crippen LogP contribution in [0.4, 0.5) is 4.79 Å². The first-order valence-electron chi connectivity index (χ1n) is 11.2. The molecule has 8 nitrogen and oxygen atoms in total. The third kappa shape index (κ3) is 3.70. The molecule has 8 heteroatoms. The van der Waals surface area contributed by atoms with E-state index in [1.165, 1.54) is 0 Å². The number of likely N-dealkylation sites (tertiary alicyclic amines) is 1. The number of carbonyl (C=O) groups is 2. The van der Waals surface area contributed by atoms with Gasteiger partial charge in [-0.2, -0.15) is 0 Å². The highest BCUT2D eigenvalue weighted by molar-refractivity contribution is 6.06. The van der Waals surface area contributed by atoms with Gasteiger partial charge in [-0.3, -0.25) is 4.79 Å². The molecule has 0 radical (unpaired) electrons. The maximum atomic E-state index is 13.2. The molecule has 1 saturated heterocycles. The molecule has 1 aromatic carbocycles. The third-order valence-electron chi connectivity index (χ3n) is 6.43. The van der Waals surface area contributed by atoms with Gasteiger partial charge < -0.3 is 20.1 Å². The molecule has 3 aromatic rings. The molecule has 3 heterocycles. The second kappa shape index (κ2) is 8.26. The quantitative estimate of drug-likeness (QED) is 0.632. The number of urea groups is 1. The number of nitrogens with one attached hydrogen (secondary N) is 2. The van der Waals surface area contributed by atoms with Crippen molar-refractivity contribution in [3.05, 3.63) is 58.9 Å². The van der Waals surface area contributed by atoms with Crippen LogP contribution < -0.4 is 10.6 Å². The molecule has 2 fully saturated rings. The Morgan fingerprint density at radius 1 is 1.19 bits per heavy atom. The van der Waals surface area contributed by atoms with Crippen LogP contribution in [-0.4, -0.2) is 40.6 Å². The summed E-state index contributed by atoms with van der Waals surface area (Å²) in [5, 5.41) is 10.7. The maximum Gasteiger partial charge on any atom is 0.318 e. The number of pyridine rings is 1. The molecule has 5 rings (SSSR count). The number of hydrogen-bond acceptors (Lipinski definition) is 5. The highest BCUT2D eigenvalue weighted by Gasteiger charge is 2.36. The molecule has 1 aliphatic carbocycles. The standard InChI is InChI=1S/C24H27N5O3/c1-14(15-7-4-3-5-8-15)26-24(31)29-12-6-9-19(29)21-20-17(22(30)25-2)13-18(16-10-11-16)27-23(20)32-28-21/h3-5,7-8,13-14,16,19H,6,9-12H2,1-2H3,(H,25,30)(H,26,31). The van der Waals surface area contributed by atoms with Crippen molar-refractivity contribution in [2.75, 3.05) is 13.6 Å². The monoisotopic (exact) mass is 433 g/mol. The Morgan fingerprint density at radius 2 is 1.97 bits per heavy atom. The summed E-state index contributed by atoms with van der Waals surface area (Å²) >= 11 is 0. The number of fused-ring (bicyclic) bond motifs is 1. The smallest absolute Gasteiger partial charge is 0.318 e. The van der Waals surface area contributed by atoms with Gasteiger partial charge in [0.15, 0.2) is 0 Å². The first kappa shape index (κ1) is 20.5. The van der Waals surface area contributed by atoms with E-state index in [4.69, 9.17) is 4.52 Å². The van der Waals surface area contributed by atoms with Crippen molar-refractivity contribution in [3.63, 3.8) is 0 Å². The number of aromatic nitrogens is 2. The average molecular weight is 434 g/mol. The fourth-order valence-corrected chi connectivity index (χ4v) is 4.51. The number of carbonyl (C=O) groups excluding carboxylic acids is 2. The number of hydrogen-bond donors (Lipinski definition) is 2. The van der Waals surface area contributed by atoms with Gasteiger partial charge in [0, 0.05) is 25.2 Å². The summed E-state index contributed by atoms with van der Waals surface area (Å²) in [6.45, 7) is 2.59. The molecule has 2 aromatic heterocycles. The van der Waals surface area contributed by atoms with Crippen molar-refractivity contribution >= 4 is 23.0 Å². The van der Waals surface area contributed by atoms with Crippen molar-refractivity contribution in [2.45, 2.75) is 50.6 Å². The SMILES string of the molecule is CNC(=O)c1cc(C2CC2)nc2onc(C3CCCN3C(=O)NC(C)c3ccccc3)c12. The van der Waals surface area contributed by atoms with Crippen LogP contribution >= 0.6 is 0 Å². The van der Waals surface area contributed by atoms with Crippen LogP contribution in [0.2, 0.25) is 0 Å². The van der Waals surface area contributed by atoms with E-state index in [0.717, 1.165) is 36.9 Å². The van der Waals surface area contributed by atoms with Gasteiger partial charge in [-0.05, 0) is 44.2 Å². The van der Waals surface area contributed by atoms with Crippen LogP contribution in [0.1, 0.15) is 77.9 Å². The first-order chi connectivity index (χ1) is 15.6. The molecule has 2 aliphatic rings. The molecular weight excluding hydrogens is 406 g/mol. The van der Waals surface area contributed by atoms with E-state index < -0.39 is 0 Å². The molecule has 2 atom stereocenters. The topological polar surface area (TPSA) is 100 Å². The average Bonchev–Trinajstić information content (AvgIpc) is 3.40. The second-order valence-electron chi connectivity index (χ2n) is 8.63. The van der Waals surface area contributed by atoms with E-state index in [1.54, 1.807) is 11.9 Å². The number of amides is 3. The normalized spacial score (nSPS) is 19.2. The minimum absolute atomic E-state index is 0.122. The summed E-state index contributed by atoms with van der Waals surface area (Å²) in [6.07, 6.45) is 3.76. The van der Waals surface area contributed by atoms with E-state index in [2.05, 4.69) is 20.8 Å². The van der Waals surface area contributed by atoms with Crippen LogP contribution in [0.3, 0.4) is 0 Å². The summed E-state index contributed by atoms with van der Waals surface area (Å²) in [7, 11) is 1.61. The molecule has 32 heavy (non-hydrogen) atoms. The van der Waals surface area contributed by atoms with Crippen LogP contribution in [-0.2, 0) is 0 Å². The molecule has 166 valence electrons. The van der Waals surface area contributed by atoms with Gasteiger partial charge in [0.25, 0.3) is 11.6 Å². The lowest BCUT2D eigenvalue weighted by Crippen LogP contribution is -2.40. The molecule has 1 aliphatic heterocycles. The molecule has 3 amide bonds. The lowest BCUT2D eigenvalue weighted by Gasteiger charge is -2.26. The molecule has 0 bridgehead atoms. The Hall–Kier alpha value is -3.42.